The number of nitrogens with zero attached hydrogens (tertiary/aromatic N) is 4. The normalized spacial score (nSPS) is 11.1. The summed E-state index contributed by atoms with van der Waals surface area (Å²) in [7, 11) is 0. The van der Waals surface area contributed by atoms with Crippen molar-refractivity contribution in [2.75, 3.05) is 0 Å². The molecule has 0 atom stereocenters. The molecule has 13 heavy (non-hydrogen) atoms. The number of hydrogen-bond donors (Lipinski definition) is 0. The SMILES string of the molecule is Cc1nn(I)c2c(Cl)c(I)nnc12. The van der Waals surface area contributed by atoms with Crippen LogP contribution in [0.5, 0.6) is 0 Å². The highest BCUT2D eigenvalue weighted by Crippen LogP contribution is 2.27. The molecule has 0 amide bonds. The average Bonchev–Trinajstić information content (AvgIpc) is 2.35. The summed E-state index contributed by atoms with van der Waals surface area (Å²) in [6.45, 7) is 1.88. The smallest absolute Gasteiger partial charge is 0.144 e. The predicted molar refractivity (Wildman–Crippen MR) is 67.2 cm³/mol. The van der Waals surface area contributed by atoms with Crippen molar-refractivity contribution in [2.45, 2.75) is 6.92 Å². The van der Waals surface area contributed by atoms with Gasteiger partial charge in [0.15, 0.2) is 0 Å². The van der Waals surface area contributed by atoms with Crippen molar-refractivity contribution >= 4 is 68.1 Å². The van der Waals surface area contributed by atoms with Crippen LogP contribution < -0.4 is 0 Å². The van der Waals surface area contributed by atoms with E-state index in [0.29, 0.717) is 8.72 Å². The molecule has 0 aliphatic heterocycles. The Hall–Kier alpha value is 0.300. The van der Waals surface area contributed by atoms with Crippen LogP contribution in [0.25, 0.3) is 11.0 Å². The maximum atomic E-state index is 6.07. The topological polar surface area (TPSA) is 43.6 Å². The molecule has 0 unspecified atom stereocenters. The van der Waals surface area contributed by atoms with Gasteiger partial charge in [0, 0.05) is 0 Å². The first-order chi connectivity index (χ1) is 6.11. The molecule has 0 radical (unpaired) electrons. The van der Waals surface area contributed by atoms with Crippen LogP contribution in [0, 0.1) is 10.6 Å². The molecule has 2 rings (SSSR count). The van der Waals surface area contributed by atoms with Crippen LogP contribution in [0.15, 0.2) is 0 Å². The van der Waals surface area contributed by atoms with E-state index in [2.05, 4.69) is 38.2 Å². The standard InChI is InChI=1S/C6H3ClI2N4/c1-2-4-5(13(9)12-2)3(7)6(8)11-10-4/h1H3. The Labute approximate surface area is 107 Å². The molecule has 0 fully saturated rings. The number of fused-ring (bicyclic) bond motifs is 1. The first-order valence-corrected chi connectivity index (χ1v) is 5.76. The van der Waals surface area contributed by atoms with Crippen LogP contribution in [0.1, 0.15) is 5.69 Å². The lowest BCUT2D eigenvalue weighted by molar-refractivity contribution is 1.03. The first-order valence-electron chi connectivity index (χ1n) is 3.34. The molecule has 0 saturated carbocycles. The van der Waals surface area contributed by atoms with Gasteiger partial charge in [0.1, 0.15) is 19.8 Å². The molecule has 7 heteroatoms. The Morgan fingerprint density at radius 2 is 2.08 bits per heavy atom. The molecular formula is C6H3ClI2N4. The Morgan fingerprint density at radius 1 is 1.38 bits per heavy atom. The molecular weight excluding hydrogens is 417 g/mol. The van der Waals surface area contributed by atoms with E-state index in [0.717, 1.165) is 16.7 Å². The zero-order valence-electron chi connectivity index (χ0n) is 6.42. The van der Waals surface area contributed by atoms with Crippen molar-refractivity contribution in [2.24, 2.45) is 0 Å². The maximum Gasteiger partial charge on any atom is 0.144 e. The summed E-state index contributed by atoms with van der Waals surface area (Å²) >= 11 is 10.2. The zero-order valence-corrected chi connectivity index (χ0v) is 11.5. The van der Waals surface area contributed by atoms with Gasteiger partial charge >= 0.3 is 0 Å². The van der Waals surface area contributed by atoms with Gasteiger partial charge in [-0.1, -0.05) is 11.6 Å². The van der Waals surface area contributed by atoms with Crippen molar-refractivity contribution in [3.05, 3.63) is 14.4 Å². The lowest BCUT2D eigenvalue weighted by Crippen LogP contribution is -1.90. The molecule has 0 aliphatic carbocycles. The molecule has 0 spiro atoms. The van der Waals surface area contributed by atoms with Gasteiger partial charge in [-0.25, -0.2) is 2.90 Å². The van der Waals surface area contributed by atoms with Crippen LogP contribution in [0.3, 0.4) is 0 Å². The van der Waals surface area contributed by atoms with Gasteiger partial charge in [-0.15, -0.1) is 10.2 Å². The number of rotatable bonds is 0. The Bertz CT molecular complexity index is 481. The van der Waals surface area contributed by atoms with Crippen LogP contribution in [0.4, 0.5) is 0 Å². The lowest BCUT2D eigenvalue weighted by Gasteiger charge is -1.95. The predicted octanol–water partition coefficient (Wildman–Crippen LogP) is 2.59. The van der Waals surface area contributed by atoms with Crippen LogP contribution >= 0.6 is 57.1 Å². The number of hydrogen-bond acceptors (Lipinski definition) is 3. The molecule has 0 aromatic carbocycles. The summed E-state index contributed by atoms with van der Waals surface area (Å²) in [5, 5.41) is 12.8. The van der Waals surface area contributed by atoms with Crippen molar-refractivity contribution < 1.29 is 0 Å². The molecule has 68 valence electrons. The molecule has 4 nitrogen and oxygen atoms in total. The molecule has 0 aliphatic rings. The highest BCUT2D eigenvalue weighted by Gasteiger charge is 2.14. The van der Waals surface area contributed by atoms with Crippen molar-refractivity contribution in [3.63, 3.8) is 0 Å². The van der Waals surface area contributed by atoms with Gasteiger partial charge in [0.25, 0.3) is 0 Å². The third kappa shape index (κ3) is 1.52. The summed E-state index contributed by atoms with van der Waals surface area (Å²) in [6.07, 6.45) is 0. The minimum absolute atomic E-state index is 0.612. The van der Waals surface area contributed by atoms with Gasteiger partial charge in [-0.2, -0.15) is 5.10 Å². The second-order valence-corrected chi connectivity index (χ2v) is 4.76. The maximum absolute atomic E-state index is 6.07. The summed E-state index contributed by atoms with van der Waals surface area (Å²) in [4.78, 5) is 0. The second-order valence-electron chi connectivity index (χ2n) is 2.45. The van der Waals surface area contributed by atoms with Gasteiger partial charge in [0.2, 0.25) is 0 Å². The molecule has 2 heterocycles. The van der Waals surface area contributed by atoms with Gasteiger partial charge in [0.05, 0.1) is 28.6 Å². The largest absolute Gasteiger partial charge is 0.200 e. The number of aromatic nitrogens is 4. The Kier molecular flexibility index (Phi) is 2.62. The third-order valence-corrected chi connectivity index (χ3v) is 3.75. The fourth-order valence-corrected chi connectivity index (χ4v) is 2.53. The van der Waals surface area contributed by atoms with Crippen molar-refractivity contribution in [1.29, 1.82) is 0 Å². The average molecular weight is 420 g/mol. The van der Waals surface area contributed by atoms with Gasteiger partial charge in [-0.3, -0.25) is 0 Å². The highest BCUT2D eigenvalue weighted by atomic mass is 127. The Balaban J connectivity index is 2.98. The van der Waals surface area contributed by atoms with E-state index in [1.807, 2.05) is 29.5 Å². The Morgan fingerprint density at radius 3 is 2.77 bits per heavy atom. The molecule has 2 aromatic heterocycles. The van der Waals surface area contributed by atoms with E-state index >= 15 is 0 Å². The van der Waals surface area contributed by atoms with Crippen LogP contribution in [-0.2, 0) is 0 Å². The summed E-state index contributed by atoms with van der Waals surface area (Å²) in [5.41, 5.74) is 2.44. The van der Waals surface area contributed by atoms with Crippen LogP contribution in [0.2, 0.25) is 5.02 Å². The summed E-state index contributed by atoms with van der Waals surface area (Å²) in [5.74, 6) is 0. The molecule has 0 N–H and O–H groups in total. The third-order valence-electron chi connectivity index (χ3n) is 1.62. The molecule has 2 aromatic rings. The quantitative estimate of drug-likeness (QED) is 0.616. The van der Waals surface area contributed by atoms with Crippen LogP contribution in [-0.4, -0.2) is 18.2 Å². The van der Waals surface area contributed by atoms with Gasteiger partial charge in [-0.05, 0) is 29.5 Å². The first kappa shape index (κ1) is 9.84. The van der Waals surface area contributed by atoms with E-state index < -0.39 is 0 Å². The fraction of sp³-hybridized carbons (Fsp3) is 0.167. The number of aryl methyl sites for hydroxylation is 1. The lowest BCUT2D eigenvalue weighted by atomic mass is 10.3. The van der Waals surface area contributed by atoms with Crippen molar-refractivity contribution in [3.8, 4) is 0 Å². The van der Waals surface area contributed by atoms with E-state index in [1.54, 1.807) is 2.90 Å². The second kappa shape index (κ2) is 3.46. The van der Waals surface area contributed by atoms with E-state index in [1.165, 1.54) is 0 Å². The monoisotopic (exact) mass is 420 g/mol. The van der Waals surface area contributed by atoms with E-state index in [4.69, 9.17) is 11.6 Å². The minimum atomic E-state index is 0.612. The van der Waals surface area contributed by atoms with E-state index in [9.17, 15) is 0 Å². The van der Waals surface area contributed by atoms with Gasteiger partial charge < -0.3 is 0 Å². The fourth-order valence-electron chi connectivity index (χ4n) is 1.03. The zero-order chi connectivity index (χ0) is 9.59. The minimum Gasteiger partial charge on any atom is -0.200 e. The van der Waals surface area contributed by atoms with E-state index in [-0.39, 0.29) is 0 Å². The summed E-state index contributed by atoms with van der Waals surface area (Å²) < 4.78 is 2.39. The molecule has 0 bridgehead atoms. The summed E-state index contributed by atoms with van der Waals surface area (Å²) in [6, 6.07) is 0. The molecule has 0 saturated heterocycles. The van der Waals surface area contributed by atoms with Crippen molar-refractivity contribution in [1.82, 2.24) is 18.2 Å². The number of halogens is 3. The highest BCUT2D eigenvalue weighted by molar-refractivity contribution is 14.1.